The van der Waals surface area contributed by atoms with Crippen LogP contribution in [0.25, 0.3) is 10.9 Å². The molecule has 0 aliphatic heterocycles. The molecule has 0 unspecified atom stereocenters. The zero-order chi connectivity index (χ0) is 10.1. The Morgan fingerprint density at radius 1 is 1.21 bits per heavy atom. The predicted octanol–water partition coefficient (Wildman–Crippen LogP) is 2.75. The van der Waals surface area contributed by atoms with E-state index in [1.54, 1.807) is 6.07 Å². The minimum atomic E-state index is 0.00692. The average Bonchev–Trinajstić information content (AvgIpc) is 2.16. The number of pyridine rings is 1. The van der Waals surface area contributed by atoms with E-state index in [0.29, 0.717) is 5.69 Å². The van der Waals surface area contributed by atoms with Gasteiger partial charge in [-0.25, -0.2) is 4.98 Å². The molecule has 0 fully saturated rings. The van der Waals surface area contributed by atoms with E-state index < -0.39 is 0 Å². The molecule has 0 N–H and O–H groups in total. The largest absolute Gasteiger partial charge is 0.293 e. The number of aryl methyl sites for hydroxylation is 1. The number of benzene rings is 1. The molecular formula is C12H11NO. The van der Waals surface area contributed by atoms with Gasteiger partial charge in [-0.05, 0) is 25.1 Å². The van der Waals surface area contributed by atoms with Crippen molar-refractivity contribution in [3.63, 3.8) is 0 Å². The van der Waals surface area contributed by atoms with Gasteiger partial charge in [0.25, 0.3) is 0 Å². The maximum atomic E-state index is 11.1. The highest BCUT2D eigenvalue weighted by atomic mass is 16.1. The molecule has 70 valence electrons. The summed E-state index contributed by atoms with van der Waals surface area (Å²) >= 11 is 0. The number of nitrogens with zero attached hydrogens (tertiary/aromatic N) is 1. The summed E-state index contributed by atoms with van der Waals surface area (Å²) in [7, 11) is 0. The summed E-state index contributed by atoms with van der Waals surface area (Å²) in [6, 6.07) is 9.71. The second-order valence-corrected chi connectivity index (χ2v) is 3.45. The molecule has 0 spiro atoms. The number of Topliss-reactive ketones (excluding diaryl/α,β-unsaturated/α-hetero) is 1. The number of aromatic nitrogens is 1. The first-order valence-corrected chi connectivity index (χ1v) is 4.55. The van der Waals surface area contributed by atoms with E-state index in [-0.39, 0.29) is 5.78 Å². The number of carbonyl (C=O) groups excluding carboxylic acids is 1. The molecule has 0 amide bonds. The SMILES string of the molecule is CC(=O)c1ccc2cc(C)ccc2n1. The minimum absolute atomic E-state index is 0.00692. The topological polar surface area (TPSA) is 30.0 Å². The summed E-state index contributed by atoms with van der Waals surface area (Å²) in [5, 5.41) is 1.08. The Hall–Kier alpha value is -1.70. The molecule has 2 heteroatoms. The molecule has 2 aromatic rings. The highest BCUT2D eigenvalue weighted by Crippen LogP contribution is 2.14. The first-order chi connectivity index (χ1) is 6.66. The molecule has 0 atom stereocenters. The third-order valence-corrected chi connectivity index (χ3v) is 2.21. The number of hydrogen-bond acceptors (Lipinski definition) is 2. The predicted molar refractivity (Wildman–Crippen MR) is 56.5 cm³/mol. The van der Waals surface area contributed by atoms with Gasteiger partial charge in [-0.1, -0.05) is 17.7 Å². The van der Waals surface area contributed by atoms with Gasteiger partial charge in [-0.3, -0.25) is 4.79 Å². The van der Waals surface area contributed by atoms with E-state index >= 15 is 0 Å². The van der Waals surface area contributed by atoms with Crippen LogP contribution in [0.3, 0.4) is 0 Å². The van der Waals surface area contributed by atoms with E-state index in [1.807, 2.05) is 25.1 Å². The Morgan fingerprint density at radius 2 is 2.00 bits per heavy atom. The number of fused-ring (bicyclic) bond motifs is 1. The van der Waals surface area contributed by atoms with Gasteiger partial charge in [0.15, 0.2) is 5.78 Å². The number of carbonyl (C=O) groups is 1. The minimum Gasteiger partial charge on any atom is -0.293 e. The van der Waals surface area contributed by atoms with Gasteiger partial charge in [-0.15, -0.1) is 0 Å². The summed E-state index contributed by atoms with van der Waals surface area (Å²) in [6.45, 7) is 3.57. The van der Waals surface area contributed by atoms with Gasteiger partial charge in [0.05, 0.1) is 5.52 Å². The monoisotopic (exact) mass is 185 g/mol. The molecule has 0 saturated carbocycles. The van der Waals surface area contributed by atoms with Crippen LogP contribution in [0, 0.1) is 6.92 Å². The Balaban J connectivity index is 2.67. The Kier molecular flexibility index (Phi) is 2.04. The molecule has 0 aliphatic rings. The summed E-state index contributed by atoms with van der Waals surface area (Å²) in [6.07, 6.45) is 0. The molecule has 1 aromatic carbocycles. The first-order valence-electron chi connectivity index (χ1n) is 4.55. The van der Waals surface area contributed by atoms with Gasteiger partial charge in [0.1, 0.15) is 5.69 Å². The summed E-state index contributed by atoms with van der Waals surface area (Å²) in [4.78, 5) is 15.4. The fourth-order valence-corrected chi connectivity index (χ4v) is 1.44. The highest BCUT2D eigenvalue weighted by Gasteiger charge is 2.01. The molecule has 0 aliphatic carbocycles. The molecule has 14 heavy (non-hydrogen) atoms. The number of hydrogen-bond donors (Lipinski definition) is 0. The number of rotatable bonds is 1. The van der Waals surface area contributed by atoms with Crippen LogP contribution in [-0.4, -0.2) is 10.8 Å². The van der Waals surface area contributed by atoms with E-state index in [1.165, 1.54) is 12.5 Å². The van der Waals surface area contributed by atoms with Crippen molar-refractivity contribution in [2.45, 2.75) is 13.8 Å². The fraction of sp³-hybridized carbons (Fsp3) is 0.167. The van der Waals surface area contributed by atoms with Crippen LogP contribution in [0.5, 0.6) is 0 Å². The van der Waals surface area contributed by atoms with E-state index in [4.69, 9.17) is 0 Å². The molecule has 0 radical (unpaired) electrons. The van der Waals surface area contributed by atoms with Crippen molar-refractivity contribution < 1.29 is 4.79 Å². The van der Waals surface area contributed by atoms with Crippen molar-refractivity contribution in [1.82, 2.24) is 4.98 Å². The fourth-order valence-electron chi connectivity index (χ4n) is 1.44. The van der Waals surface area contributed by atoms with Crippen LogP contribution in [0.2, 0.25) is 0 Å². The molecular weight excluding hydrogens is 174 g/mol. The van der Waals surface area contributed by atoms with Crippen molar-refractivity contribution in [2.75, 3.05) is 0 Å². The highest BCUT2D eigenvalue weighted by molar-refractivity contribution is 5.94. The Bertz CT molecular complexity index is 503. The van der Waals surface area contributed by atoms with Crippen molar-refractivity contribution in [3.8, 4) is 0 Å². The van der Waals surface area contributed by atoms with Crippen LogP contribution in [0.4, 0.5) is 0 Å². The standard InChI is InChI=1S/C12H11NO/c1-8-3-5-12-10(7-8)4-6-11(13-12)9(2)14/h3-7H,1-2H3. The van der Waals surface area contributed by atoms with Crippen LogP contribution in [-0.2, 0) is 0 Å². The maximum Gasteiger partial charge on any atom is 0.178 e. The van der Waals surface area contributed by atoms with Crippen LogP contribution in [0.15, 0.2) is 30.3 Å². The zero-order valence-corrected chi connectivity index (χ0v) is 8.24. The van der Waals surface area contributed by atoms with E-state index in [0.717, 1.165) is 10.9 Å². The third-order valence-electron chi connectivity index (χ3n) is 2.21. The molecule has 2 nitrogen and oxygen atoms in total. The molecule has 0 saturated heterocycles. The molecule has 1 aromatic heterocycles. The van der Waals surface area contributed by atoms with Crippen LogP contribution >= 0.6 is 0 Å². The third kappa shape index (κ3) is 1.51. The quantitative estimate of drug-likeness (QED) is 0.639. The van der Waals surface area contributed by atoms with E-state index in [2.05, 4.69) is 11.1 Å². The smallest absolute Gasteiger partial charge is 0.178 e. The maximum absolute atomic E-state index is 11.1. The Morgan fingerprint density at radius 3 is 2.71 bits per heavy atom. The van der Waals surface area contributed by atoms with Gasteiger partial charge < -0.3 is 0 Å². The molecule has 0 bridgehead atoms. The van der Waals surface area contributed by atoms with E-state index in [9.17, 15) is 4.79 Å². The van der Waals surface area contributed by atoms with Crippen LogP contribution in [0.1, 0.15) is 23.0 Å². The first kappa shape index (κ1) is 8.88. The average molecular weight is 185 g/mol. The molecule has 2 rings (SSSR count). The lowest BCUT2D eigenvalue weighted by molar-refractivity contribution is 0.101. The lowest BCUT2D eigenvalue weighted by Crippen LogP contribution is -1.96. The van der Waals surface area contributed by atoms with Gasteiger partial charge in [0, 0.05) is 12.3 Å². The van der Waals surface area contributed by atoms with Gasteiger partial charge in [0.2, 0.25) is 0 Å². The van der Waals surface area contributed by atoms with Crippen molar-refractivity contribution in [1.29, 1.82) is 0 Å². The second kappa shape index (κ2) is 3.22. The van der Waals surface area contributed by atoms with Crippen LogP contribution < -0.4 is 0 Å². The number of ketones is 1. The summed E-state index contributed by atoms with van der Waals surface area (Å²) < 4.78 is 0. The zero-order valence-electron chi connectivity index (χ0n) is 8.24. The van der Waals surface area contributed by atoms with Gasteiger partial charge >= 0.3 is 0 Å². The van der Waals surface area contributed by atoms with Crippen molar-refractivity contribution >= 4 is 16.7 Å². The second-order valence-electron chi connectivity index (χ2n) is 3.45. The lowest BCUT2D eigenvalue weighted by Gasteiger charge is -2.00. The Labute approximate surface area is 82.6 Å². The van der Waals surface area contributed by atoms with Crippen molar-refractivity contribution in [2.24, 2.45) is 0 Å². The lowest BCUT2D eigenvalue weighted by atomic mass is 10.1. The van der Waals surface area contributed by atoms with Crippen molar-refractivity contribution in [3.05, 3.63) is 41.6 Å². The normalized spacial score (nSPS) is 10.4. The van der Waals surface area contributed by atoms with Gasteiger partial charge in [-0.2, -0.15) is 0 Å². The summed E-state index contributed by atoms with van der Waals surface area (Å²) in [5.41, 5.74) is 2.61. The summed E-state index contributed by atoms with van der Waals surface area (Å²) in [5.74, 6) is 0.00692. The molecule has 1 heterocycles.